The molecular weight excluding hydrogens is 424 g/mol. The fourth-order valence-electron chi connectivity index (χ4n) is 6.10. The molecule has 2 fully saturated rings. The quantitative estimate of drug-likeness (QED) is 0.497. The van der Waals surface area contributed by atoms with Gasteiger partial charge in [-0.25, -0.2) is 0 Å². The predicted octanol–water partition coefficient (Wildman–Crippen LogP) is 1.82. The second-order valence-corrected chi connectivity index (χ2v) is 9.81. The normalized spacial score (nSPS) is 38.1. The van der Waals surface area contributed by atoms with Crippen LogP contribution in [0.1, 0.15) is 53.4 Å². The minimum Gasteiger partial charge on any atom is -0.465 e. The summed E-state index contributed by atoms with van der Waals surface area (Å²) in [4.78, 5) is 44.7. The van der Waals surface area contributed by atoms with Gasteiger partial charge in [0.2, 0.25) is 11.8 Å². The Hall–Kier alpha value is -2.19. The summed E-state index contributed by atoms with van der Waals surface area (Å²) < 4.78 is 12.4. The lowest BCUT2D eigenvalue weighted by molar-refractivity contribution is -0.163. The van der Waals surface area contributed by atoms with Crippen LogP contribution in [0.5, 0.6) is 0 Å². The molecule has 0 radical (unpaired) electrons. The van der Waals surface area contributed by atoms with Crippen LogP contribution in [0.25, 0.3) is 0 Å². The van der Waals surface area contributed by atoms with Gasteiger partial charge in [0.1, 0.15) is 23.2 Å². The third kappa shape index (κ3) is 3.44. The number of aliphatic hydroxyl groups is 1. The Morgan fingerprint density at radius 1 is 1.12 bits per heavy atom. The van der Waals surface area contributed by atoms with Crippen LogP contribution >= 0.6 is 0 Å². The van der Waals surface area contributed by atoms with Gasteiger partial charge in [0, 0.05) is 12.6 Å². The molecule has 4 heterocycles. The molecule has 4 aliphatic heterocycles. The third-order valence-electron chi connectivity index (χ3n) is 7.80. The first-order valence-corrected chi connectivity index (χ1v) is 12.2. The van der Waals surface area contributed by atoms with Crippen LogP contribution in [-0.2, 0) is 23.9 Å². The van der Waals surface area contributed by atoms with Gasteiger partial charge in [0.25, 0.3) is 0 Å². The van der Waals surface area contributed by atoms with Gasteiger partial charge in [-0.15, -0.1) is 0 Å². The SMILES string of the molecule is CC[C@@H](CO)N1C(=O)[C@@H]2[C@H]3C(=O)OCCC/C=C\[C@@]3(CC)O[C@@]23C=CCN(C(C)C)C(=O)C13. The summed E-state index contributed by atoms with van der Waals surface area (Å²) in [6, 6.07) is -1.57. The first-order valence-electron chi connectivity index (χ1n) is 12.2. The van der Waals surface area contributed by atoms with Gasteiger partial charge < -0.3 is 24.4 Å². The number of hydrogen-bond donors (Lipinski definition) is 1. The first-order chi connectivity index (χ1) is 15.8. The number of rotatable bonds is 5. The topological polar surface area (TPSA) is 96.4 Å². The molecule has 8 heteroatoms. The molecule has 0 aromatic rings. The van der Waals surface area contributed by atoms with Crippen molar-refractivity contribution in [2.24, 2.45) is 11.8 Å². The molecule has 8 nitrogen and oxygen atoms in total. The summed E-state index contributed by atoms with van der Waals surface area (Å²) in [5.41, 5.74) is -2.34. The number of amides is 2. The minimum absolute atomic E-state index is 0.0777. The fourth-order valence-corrected chi connectivity index (χ4v) is 6.10. The molecule has 6 atom stereocenters. The van der Waals surface area contributed by atoms with Gasteiger partial charge in [0.05, 0.1) is 25.2 Å². The number of fused-ring (bicyclic) bond motifs is 2. The molecule has 1 spiro atoms. The predicted molar refractivity (Wildman–Crippen MR) is 121 cm³/mol. The Bertz CT molecular complexity index is 865. The zero-order valence-corrected chi connectivity index (χ0v) is 20.0. The van der Waals surface area contributed by atoms with Crippen LogP contribution in [0, 0.1) is 11.8 Å². The molecule has 1 N–H and O–H groups in total. The standard InChI is InChI=1S/C25H36N2O6/c1-5-17(15-28)27-20-22(30)26(16(3)4)13-10-12-25(20)18(21(27)29)19-23(31)32-14-9-7-8-11-24(19,6-2)33-25/h8,10-12,16-20,28H,5-7,9,13-15H2,1-4H3/b11-8-/t17-,18-,19-,20?,24+,25-/m0/s1. The van der Waals surface area contributed by atoms with Crippen LogP contribution in [0.3, 0.4) is 0 Å². The molecule has 33 heavy (non-hydrogen) atoms. The van der Waals surface area contributed by atoms with E-state index in [1.807, 2.05) is 52.0 Å². The Kier molecular flexibility index (Phi) is 6.44. The van der Waals surface area contributed by atoms with Crippen molar-refractivity contribution in [3.8, 4) is 0 Å². The lowest BCUT2D eigenvalue weighted by Crippen LogP contribution is -2.59. The zero-order chi connectivity index (χ0) is 24.0. The van der Waals surface area contributed by atoms with Crippen LogP contribution in [0.2, 0.25) is 0 Å². The van der Waals surface area contributed by atoms with Crippen molar-refractivity contribution in [3.05, 3.63) is 24.3 Å². The van der Waals surface area contributed by atoms with Crippen molar-refractivity contribution in [1.29, 1.82) is 0 Å². The molecule has 4 rings (SSSR count). The molecule has 2 saturated heterocycles. The summed E-state index contributed by atoms with van der Waals surface area (Å²) >= 11 is 0. The van der Waals surface area contributed by atoms with Gasteiger partial charge in [-0.05, 0) is 39.5 Å². The maximum atomic E-state index is 14.1. The zero-order valence-electron chi connectivity index (χ0n) is 20.0. The highest BCUT2D eigenvalue weighted by Crippen LogP contribution is 2.58. The van der Waals surface area contributed by atoms with Crippen LogP contribution < -0.4 is 0 Å². The smallest absolute Gasteiger partial charge is 0.313 e. The molecule has 182 valence electrons. The average Bonchev–Trinajstić information content (AvgIpc) is 3.16. The lowest BCUT2D eigenvalue weighted by atomic mass is 9.73. The van der Waals surface area contributed by atoms with E-state index in [2.05, 4.69) is 0 Å². The number of ether oxygens (including phenoxy) is 2. The maximum Gasteiger partial charge on any atom is 0.313 e. The fraction of sp³-hybridized carbons (Fsp3) is 0.720. The highest BCUT2D eigenvalue weighted by Gasteiger charge is 2.75. The Balaban J connectivity index is 1.94. The largest absolute Gasteiger partial charge is 0.465 e. The van der Waals surface area contributed by atoms with E-state index < -0.39 is 41.1 Å². The number of esters is 1. The highest BCUT2D eigenvalue weighted by molar-refractivity contribution is 5.99. The van der Waals surface area contributed by atoms with E-state index in [1.54, 1.807) is 4.90 Å². The van der Waals surface area contributed by atoms with Crippen molar-refractivity contribution in [3.63, 3.8) is 0 Å². The molecule has 0 aromatic heterocycles. The minimum atomic E-state index is -1.30. The molecule has 1 unspecified atom stereocenters. The number of hydrogen-bond acceptors (Lipinski definition) is 6. The first kappa shape index (κ1) is 24.0. The Labute approximate surface area is 195 Å². The summed E-state index contributed by atoms with van der Waals surface area (Å²) in [7, 11) is 0. The van der Waals surface area contributed by atoms with E-state index in [9.17, 15) is 19.5 Å². The summed E-state index contributed by atoms with van der Waals surface area (Å²) in [5.74, 6) is -2.76. The number of nitrogens with zero attached hydrogens (tertiary/aromatic N) is 2. The maximum absolute atomic E-state index is 14.1. The molecule has 4 aliphatic rings. The second-order valence-electron chi connectivity index (χ2n) is 9.81. The van der Waals surface area contributed by atoms with Crippen molar-refractivity contribution >= 4 is 17.8 Å². The van der Waals surface area contributed by atoms with Gasteiger partial charge in [-0.1, -0.05) is 38.2 Å². The second kappa shape index (κ2) is 8.87. The van der Waals surface area contributed by atoms with Crippen molar-refractivity contribution in [2.75, 3.05) is 19.8 Å². The summed E-state index contributed by atoms with van der Waals surface area (Å²) in [5, 5.41) is 10.1. The van der Waals surface area contributed by atoms with Crippen molar-refractivity contribution in [1.82, 2.24) is 9.80 Å². The van der Waals surface area contributed by atoms with Crippen molar-refractivity contribution in [2.45, 2.75) is 82.7 Å². The molecule has 0 aromatic carbocycles. The van der Waals surface area contributed by atoms with Crippen LogP contribution in [-0.4, -0.2) is 81.8 Å². The molecule has 0 bridgehead atoms. The van der Waals surface area contributed by atoms with Crippen LogP contribution in [0.15, 0.2) is 24.3 Å². The molecule has 0 aliphatic carbocycles. The highest BCUT2D eigenvalue weighted by atomic mass is 16.6. The number of carbonyl (C=O) groups excluding carboxylic acids is 3. The number of carbonyl (C=O) groups is 3. The number of cyclic esters (lactones) is 1. The van der Waals surface area contributed by atoms with Gasteiger partial charge >= 0.3 is 5.97 Å². The third-order valence-corrected chi connectivity index (χ3v) is 7.80. The van der Waals surface area contributed by atoms with E-state index in [1.165, 1.54) is 4.90 Å². The summed E-state index contributed by atoms with van der Waals surface area (Å²) in [6.07, 6.45) is 10.0. The van der Waals surface area contributed by atoms with E-state index in [4.69, 9.17) is 9.47 Å². The van der Waals surface area contributed by atoms with Crippen LogP contribution in [0.4, 0.5) is 0 Å². The molecular formula is C25H36N2O6. The Morgan fingerprint density at radius 3 is 2.52 bits per heavy atom. The average molecular weight is 461 g/mol. The number of likely N-dealkylation sites (tertiary alicyclic amines) is 1. The van der Waals surface area contributed by atoms with Gasteiger partial charge in [-0.2, -0.15) is 0 Å². The van der Waals surface area contributed by atoms with E-state index in [0.717, 1.165) is 6.42 Å². The van der Waals surface area contributed by atoms with Crippen molar-refractivity contribution < 1.29 is 29.0 Å². The number of aliphatic hydroxyl groups excluding tert-OH is 1. The van der Waals surface area contributed by atoms with E-state index >= 15 is 0 Å². The van der Waals surface area contributed by atoms with E-state index in [-0.39, 0.29) is 31.1 Å². The number of allylic oxidation sites excluding steroid dienone is 1. The van der Waals surface area contributed by atoms with Gasteiger partial charge in [0.15, 0.2) is 0 Å². The molecule has 0 saturated carbocycles. The summed E-state index contributed by atoms with van der Waals surface area (Å²) in [6.45, 7) is 8.09. The Morgan fingerprint density at radius 2 is 1.88 bits per heavy atom. The van der Waals surface area contributed by atoms with E-state index in [0.29, 0.717) is 25.8 Å². The monoisotopic (exact) mass is 460 g/mol. The lowest BCUT2D eigenvalue weighted by Gasteiger charge is -2.41. The van der Waals surface area contributed by atoms with Gasteiger partial charge in [-0.3, -0.25) is 14.4 Å². The molecule has 2 amide bonds.